The van der Waals surface area contributed by atoms with Gasteiger partial charge in [0.25, 0.3) is 0 Å². The number of anilines is 1. The number of halogens is 1. The largest absolute Gasteiger partial charge is 0.424 e. The molecule has 2 atom stereocenters. The van der Waals surface area contributed by atoms with Gasteiger partial charge in [-0.3, -0.25) is 4.72 Å². The molecule has 1 fully saturated rings. The monoisotopic (exact) mass is 370 g/mol. The number of rotatable bonds is 5. The SMILES string of the molecule is CCc1nnc(C2CC(S(=O)(=O)Nc3cccc(Cl)c3C)CN2)o1. The molecule has 1 aliphatic rings. The molecule has 0 radical (unpaired) electrons. The maximum absolute atomic E-state index is 12.6. The lowest BCUT2D eigenvalue weighted by molar-refractivity contribution is 0.405. The van der Waals surface area contributed by atoms with Crippen molar-refractivity contribution in [3.63, 3.8) is 0 Å². The maximum atomic E-state index is 12.6. The van der Waals surface area contributed by atoms with Crippen LogP contribution in [0.3, 0.4) is 0 Å². The molecule has 1 aliphatic heterocycles. The Morgan fingerprint density at radius 2 is 2.21 bits per heavy atom. The molecule has 2 aromatic rings. The van der Waals surface area contributed by atoms with Crippen LogP contribution in [0, 0.1) is 6.92 Å². The van der Waals surface area contributed by atoms with Gasteiger partial charge in [0.05, 0.1) is 17.0 Å². The van der Waals surface area contributed by atoms with E-state index < -0.39 is 15.3 Å². The fourth-order valence-electron chi connectivity index (χ4n) is 2.63. The van der Waals surface area contributed by atoms with E-state index >= 15 is 0 Å². The van der Waals surface area contributed by atoms with Crippen molar-refractivity contribution in [1.29, 1.82) is 0 Å². The summed E-state index contributed by atoms with van der Waals surface area (Å²) in [5.41, 5.74) is 1.20. The summed E-state index contributed by atoms with van der Waals surface area (Å²) < 4.78 is 33.4. The molecule has 130 valence electrons. The van der Waals surface area contributed by atoms with E-state index in [9.17, 15) is 8.42 Å². The molecule has 0 spiro atoms. The van der Waals surface area contributed by atoms with Crippen molar-refractivity contribution in [2.24, 2.45) is 0 Å². The van der Waals surface area contributed by atoms with Gasteiger partial charge >= 0.3 is 0 Å². The lowest BCUT2D eigenvalue weighted by atomic mass is 10.2. The van der Waals surface area contributed by atoms with Crippen LogP contribution >= 0.6 is 11.6 Å². The minimum absolute atomic E-state index is 0.250. The Labute approximate surface area is 145 Å². The third kappa shape index (κ3) is 3.40. The van der Waals surface area contributed by atoms with Gasteiger partial charge < -0.3 is 9.73 Å². The highest BCUT2D eigenvalue weighted by Gasteiger charge is 2.37. The highest BCUT2D eigenvalue weighted by Crippen LogP contribution is 2.29. The predicted molar refractivity (Wildman–Crippen MR) is 91.6 cm³/mol. The van der Waals surface area contributed by atoms with Gasteiger partial charge in [-0.05, 0) is 31.0 Å². The number of sulfonamides is 1. The fraction of sp³-hybridized carbons (Fsp3) is 0.467. The summed E-state index contributed by atoms with van der Waals surface area (Å²) in [4.78, 5) is 0. The Kier molecular flexibility index (Phi) is 4.80. The fourth-order valence-corrected chi connectivity index (χ4v) is 4.26. The van der Waals surface area contributed by atoms with Crippen molar-refractivity contribution in [3.05, 3.63) is 40.6 Å². The molecule has 0 amide bonds. The third-order valence-electron chi connectivity index (χ3n) is 4.13. The number of hydrogen-bond donors (Lipinski definition) is 2. The van der Waals surface area contributed by atoms with Gasteiger partial charge in [-0.25, -0.2) is 8.42 Å². The molecule has 24 heavy (non-hydrogen) atoms. The smallest absolute Gasteiger partial charge is 0.236 e. The quantitative estimate of drug-likeness (QED) is 0.839. The van der Waals surface area contributed by atoms with E-state index in [-0.39, 0.29) is 6.04 Å². The van der Waals surface area contributed by atoms with Crippen LogP contribution in [0.5, 0.6) is 0 Å². The lowest BCUT2D eigenvalue weighted by Crippen LogP contribution is -2.29. The van der Waals surface area contributed by atoms with Crippen molar-refractivity contribution in [2.45, 2.75) is 38.0 Å². The normalized spacial score (nSPS) is 21.1. The third-order valence-corrected chi connectivity index (χ3v) is 6.28. The van der Waals surface area contributed by atoms with E-state index in [1.54, 1.807) is 25.1 Å². The summed E-state index contributed by atoms with van der Waals surface area (Å²) >= 11 is 6.05. The molecule has 0 saturated carbocycles. The van der Waals surface area contributed by atoms with Gasteiger partial charge in [0.15, 0.2) is 0 Å². The Morgan fingerprint density at radius 3 is 2.92 bits per heavy atom. The van der Waals surface area contributed by atoms with Crippen molar-refractivity contribution in [1.82, 2.24) is 15.5 Å². The highest BCUT2D eigenvalue weighted by atomic mass is 35.5. The minimum Gasteiger partial charge on any atom is -0.424 e. The van der Waals surface area contributed by atoms with Crippen molar-refractivity contribution < 1.29 is 12.8 Å². The average Bonchev–Trinajstić information content (AvgIpc) is 3.20. The number of nitrogens with one attached hydrogen (secondary N) is 2. The van der Waals surface area contributed by atoms with Gasteiger partial charge in [0, 0.05) is 18.0 Å². The van der Waals surface area contributed by atoms with Crippen LogP contribution in [0.2, 0.25) is 5.02 Å². The van der Waals surface area contributed by atoms with Crippen LogP contribution in [0.4, 0.5) is 5.69 Å². The first-order valence-electron chi connectivity index (χ1n) is 7.73. The van der Waals surface area contributed by atoms with E-state index in [0.717, 1.165) is 0 Å². The van der Waals surface area contributed by atoms with Gasteiger partial charge in [0.1, 0.15) is 0 Å². The molecule has 1 aromatic heterocycles. The summed E-state index contributed by atoms with van der Waals surface area (Å²) in [5.74, 6) is 0.981. The number of aryl methyl sites for hydroxylation is 1. The molecular formula is C15H19ClN4O3S. The first-order chi connectivity index (χ1) is 11.4. The molecule has 7 nitrogen and oxygen atoms in total. The van der Waals surface area contributed by atoms with Gasteiger partial charge in [-0.2, -0.15) is 0 Å². The highest BCUT2D eigenvalue weighted by molar-refractivity contribution is 7.93. The second-order valence-corrected chi connectivity index (χ2v) is 8.13. The second-order valence-electron chi connectivity index (χ2n) is 5.77. The number of benzene rings is 1. The Balaban J connectivity index is 1.73. The summed E-state index contributed by atoms with van der Waals surface area (Å²) in [6, 6.07) is 4.89. The number of nitrogens with zero attached hydrogens (tertiary/aromatic N) is 2. The van der Waals surface area contributed by atoms with Gasteiger partial charge in [0.2, 0.25) is 21.8 Å². The predicted octanol–water partition coefficient (Wildman–Crippen LogP) is 2.44. The van der Waals surface area contributed by atoms with Crippen LogP contribution < -0.4 is 10.0 Å². The molecule has 0 bridgehead atoms. The zero-order valence-corrected chi connectivity index (χ0v) is 15.0. The van der Waals surface area contributed by atoms with Crippen LogP contribution in [0.25, 0.3) is 0 Å². The lowest BCUT2D eigenvalue weighted by Gasteiger charge is -2.15. The second kappa shape index (κ2) is 6.70. The van der Waals surface area contributed by atoms with Crippen LogP contribution in [0.1, 0.15) is 36.7 Å². The van der Waals surface area contributed by atoms with E-state index in [1.165, 1.54) is 0 Å². The van der Waals surface area contributed by atoms with E-state index in [1.807, 2.05) is 6.92 Å². The molecule has 2 N–H and O–H groups in total. The standard InChI is InChI=1S/C15H19ClN4O3S/c1-3-14-18-19-15(23-14)13-7-10(8-17-13)24(21,22)20-12-6-4-5-11(16)9(12)2/h4-6,10,13,17,20H,3,7-8H2,1-2H3. The maximum Gasteiger partial charge on any atom is 0.236 e. The molecule has 2 unspecified atom stereocenters. The molecule has 3 rings (SSSR count). The van der Waals surface area contributed by atoms with Gasteiger partial charge in [-0.15, -0.1) is 10.2 Å². The van der Waals surface area contributed by atoms with Crippen LogP contribution in [-0.2, 0) is 16.4 Å². The van der Waals surface area contributed by atoms with Crippen molar-refractivity contribution >= 4 is 27.3 Å². The van der Waals surface area contributed by atoms with Crippen LogP contribution in [-0.4, -0.2) is 30.4 Å². The minimum atomic E-state index is -3.55. The van der Waals surface area contributed by atoms with Gasteiger partial charge in [-0.1, -0.05) is 24.6 Å². The first kappa shape index (κ1) is 17.2. The molecule has 1 aromatic carbocycles. The molecule has 1 saturated heterocycles. The zero-order valence-electron chi connectivity index (χ0n) is 13.4. The number of hydrogen-bond acceptors (Lipinski definition) is 6. The Bertz CT molecular complexity index is 837. The molecule has 9 heteroatoms. The Morgan fingerprint density at radius 1 is 1.42 bits per heavy atom. The van der Waals surface area contributed by atoms with Crippen molar-refractivity contribution in [2.75, 3.05) is 11.3 Å². The summed E-state index contributed by atoms with van der Waals surface area (Å²) in [5, 5.41) is 11.0. The first-order valence-corrected chi connectivity index (χ1v) is 9.65. The Hall–Kier alpha value is -1.64. The summed E-state index contributed by atoms with van der Waals surface area (Å²) in [6.45, 7) is 4.02. The number of aromatic nitrogens is 2. The molecule has 2 heterocycles. The van der Waals surface area contributed by atoms with Crippen molar-refractivity contribution in [3.8, 4) is 0 Å². The van der Waals surface area contributed by atoms with Crippen LogP contribution in [0.15, 0.2) is 22.6 Å². The van der Waals surface area contributed by atoms with E-state index in [0.29, 0.717) is 47.4 Å². The summed E-state index contributed by atoms with van der Waals surface area (Å²) in [6.07, 6.45) is 1.03. The summed E-state index contributed by atoms with van der Waals surface area (Å²) in [7, 11) is -3.55. The average molecular weight is 371 g/mol. The zero-order chi connectivity index (χ0) is 17.3. The topological polar surface area (TPSA) is 97.1 Å². The van der Waals surface area contributed by atoms with E-state index in [2.05, 4.69) is 20.2 Å². The van der Waals surface area contributed by atoms with E-state index in [4.69, 9.17) is 16.0 Å². The molecular weight excluding hydrogens is 352 g/mol. The molecule has 0 aliphatic carbocycles.